The molecule has 1 aliphatic carbocycles. The third-order valence-electron chi connectivity index (χ3n) is 6.06. The third-order valence-corrected chi connectivity index (χ3v) is 6.37. The first-order valence-electron chi connectivity index (χ1n) is 9.20. The SMILES string of the molecule is COC1(C2CCCCC2)CCN(c2ccc(C(=O)NN)c(Cl)c2)CC1. The minimum atomic E-state index is -0.370. The minimum Gasteiger partial charge on any atom is -0.378 e. The van der Waals surface area contributed by atoms with Crippen LogP contribution < -0.4 is 16.2 Å². The Morgan fingerprint density at radius 3 is 2.52 bits per heavy atom. The lowest BCUT2D eigenvalue weighted by Crippen LogP contribution is -2.50. The van der Waals surface area contributed by atoms with Crippen LogP contribution in [0.5, 0.6) is 0 Å². The van der Waals surface area contributed by atoms with Crippen molar-refractivity contribution in [3.05, 3.63) is 28.8 Å². The molecule has 25 heavy (non-hydrogen) atoms. The molecule has 0 bridgehead atoms. The van der Waals surface area contributed by atoms with Crippen molar-refractivity contribution in [1.82, 2.24) is 5.43 Å². The van der Waals surface area contributed by atoms with Gasteiger partial charge in [-0.15, -0.1) is 0 Å². The van der Waals surface area contributed by atoms with Gasteiger partial charge >= 0.3 is 0 Å². The molecule has 1 amide bonds. The normalized spacial score (nSPS) is 21.2. The Hall–Kier alpha value is -1.30. The average molecular weight is 366 g/mol. The van der Waals surface area contributed by atoms with E-state index in [4.69, 9.17) is 22.2 Å². The van der Waals surface area contributed by atoms with Crippen LogP contribution in [-0.2, 0) is 4.74 Å². The predicted molar refractivity (Wildman–Crippen MR) is 101 cm³/mol. The van der Waals surface area contributed by atoms with Gasteiger partial charge in [0.2, 0.25) is 0 Å². The molecule has 0 aromatic heterocycles. The highest BCUT2D eigenvalue weighted by molar-refractivity contribution is 6.34. The molecule has 3 N–H and O–H groups in total. The molecule has 1 saturated heterocycles. The number of halogens is 1. The van der Waals surface area contributed by atoms with Crippen LogP contribution in [-0.4, -0.2) is 31.7 Å². The Labute approximate surface area is 154 Å². The van der Waals surface area contributed by atoms with Crippen LogP contribution in [0.25, 0.3) is 0 Å². The van der Waals surface area contributed by atoms with Gasteiger partial charge in [0.15, 0.2) is 0 Å². The fraction of sp³-hybridized carbons (Fsp3) is 0.632. The maximum absolute atomic E-state index is 11.7. The third kappa shape index (κ3) is 3.78. The maximum atomic E-state index is 11.7. The number of nitrogens with one attached hydrogen (secondary N) is 1. The summed E-state index contributed by atoms with van der Waals surface area (Å²) in [6.45, 7) is 1.90. The van der Waals surface area contributed by atoms with E-state index in [0.29, 0.717) is 16.5 Å². The highest BCUT2D eigenvalue weighted by Crippen LogP contribution is 2.42. The number of hydrogen-bond acceptors (Lipinski definition) is 4. The molecule has 1 aliphatic heterocycles. The number of nitrogens with zero attached hydrogens (tertiary/aromatic N) is 1. The molecule has 138 valence electrons. The number of nitrogens with two attached hydrogens (primary N) is 1. The summed E-state index contributed by atoms with van der Waals surface area (Å²) < 4.78 is 6.07. The van der Waals surface area contributed by atoms with Crippen LogP contribution in [0.2, 0.25) is 5.02 Å². The standard InChI is InChI=1S/C19H28ClN3O2/c1-25-19(14-5-3-2-4-6-14)9-11-23(12-10-19)15-7-8-16(17(20)13-15)18(24)22-21/h7-8,13-14H,2-6,9-12,21H2,1H3,(H,22,24). The van der Waals surface area contributed by atoms with Crippen molar-refractivity contribution in [3.8, 4) is 0 Å². The van der Waals surface area contributed by atoms with Gasteiger partial charge in [-0.1, -0.05) is 30.9 Å². The molecule has 6 heteroatoms. The van der Waals surface area contributed by atoms with Gasteiger partial charge in [-0.25, -0.2) is 5.84 Å². The first kappa shape index (κ1) is 18.5. The quantitative estimate of drug-likeness (QED) is 0.486. The smallest absolute Gasteiger partial charge is 0.266 e. The topological polar surface area (TPSA) is 67.6 Å². The molecule has 1 heterocycles. The number of methoxy groups -OCH3 is 1. The van der Waals surface area contributed by atoms with Gasteiger partial charge in [0.05, 0.1) is 16.2 Å². The highest BCUT2D eigenvalue weighted by Gasteiger charge is 2.42. The van der Waals surface area contributed by atoms with E-state index in [1.165, 1.54) is 32.1 Å². The molecular weight excluding hydrogens is 338 g/mol. The van der Waals surface area contributed by atoms with Crippen molar-refractivity contribution in [2.75, 3.05) is 25.1 Å². The minimum absolute atomic E-state index is 0.0279. The van der Waals surface area contributed by atoms with Crippen LogP contribution in [0.3, 0.4) is 0 Å². The molecule has 3 rings (SSSR count). The number of hydrogen-bond donors (Lipinski definition) is 2. The lowest BCUT2D eigenvalue weighted by atomic mass is 9.72. The summed E-state index contributed by atoms with van der Waals surface area (Å²) in [5.41, 5.74) is 3.60. The zero-order valence-corrected chi connectivity index (χ0v) is 15.6. The largest absolute Gasteiger partial charge is 0.378 e. The number of carbonyl (C=O) groups excluding carboxylic acids is 1. The van der Waals surface area contributed by atoms with E-state index in [0.717, 1.165) is 31.6 Å². The van der Waals surface area contributed by atoms with E-state index in [2.05, 4.69) is 10.3 Å². The Bertz CT molecular complexity index is 609. The van der Waals surface area contributed by atoms with E-state index >= 15 is 0 Å². The molecule has 0 radical (unpaired) electrons. The molecule has 1 aromatic carbocycles. The molecular formula is C19H28ClN3O2. The van der Waals surface area contributed by atoms with Crippen LogP contribution in [0.15, 0.2) is 18.2 Å². The Balaban J connectivity index is 1.69. The number of piperidine rings is 1. The van der Waals surface area contributed by atoms with E-state index in [9.17, 15) is 4.79 Å². The summed E-state index contributed by atoms with van der Waals surface area (Å²) in [5, 5.41) is 0.427. The first-order valence-corrected chi connectivity index (χ1v) is 9.58. The van der Waals surface area contributed by atoms with Crippen LogP contribution in [0.1, 0.15) is 55.3 Å². The maximum Gasteiger partial charge on any atom is 0.266 e. The molecule has 0 unspecified atom stereocenters. The fourth-order valence-corrected chi connectivity index (χ4v) is 4.77. The summed E-state index contributed by atoms with van der Waals surface area (Å²) in [6.07, 6.45) is 8.70. The second-order valence-electron chi connectivity index (χ2n) is 7.23. The van der Waals surface area contributed by atoms with E-state index in [-0.39, 0.29) is 11.5 Å². The van der Waals surface area contributed by atoms with Gasteiger partial charge in [-0.2, -0.15) is 0 Å². The van der Waals surface area contributed by atoms with Crippen molar-refractivity contribution in [1.29, 1.82) is 0 Å². The van der Waals surface area contributed by atoms with E-state index in [1.54, 1.807) is 6.07 Å². The zero-order chi connectivity index (χ0) is 17.9. The second-order valence-corrected chi connectivity index (χ2v) is 7.64. The lowest BCUT2D eigenvalue weighted by Gasteiger charge is -2.47. The molecule has 2 fully saturated rings. The van der Waals surface area contributed by atoms with Crippen molar-refractivity contribution in [2.45, 2.75) is 50.5 Å². The molecule has 1 aromatic rings. The summed E-state index contributed by atoms with van der Waals surface area (Å²) in [4.78, 5) is 14.0. The predicted octanol–water partition coefficient (Wildman–Crippen LogP) is 3.51. The van der Waals surface area contributed by atoms with E-state index in [1.807, 2.05) is 19.2 Å². The van der Waals surface area contributed by atoms with E-state index < -0.39 is 0 Å². The second kappa shape index (κ2) is 7.94. The average Bonchev–Trinajstić information content (AvgIpc) is 2.68. The van der Waals surface area contributed by atoms with Crippen molar-refractivity contribution >= 4 is 23.2 Å². The van der Waals surface area contributed by atoms with Crippen molar-refractivity contribution in [3.63, 3.8) is 0 Å². The molecule has 1 saturated carbocycles. The number of amides is 1. The monoisotopic (exact) mass is 365 g/mol. The molecule has 2 aliphatic rings. The Morgan fingerprint density at radius 2 is 1.96 bits per heavy atom. The Morgan fingerprint density at radius 1 is 1.28 bits per heavy atom. The fourth-order valence-electron chi connectivity index (χ4n) is 4.51. The Kier molecular flexibility index (Phi) is 5.87. The summed E-state index contributed by atoms with van der Waals surface area (Å²) in [6, 6.07) is 5.53. The summed E-state index contributed by atoms with van der Waals surface area (Å²) >= 11 is 6.26. The first-order chi connectivity index (χ1) is 12.1. The van der Waals surface area contributed by atoms with Crippen molar-refractivity contribution in [2.24, 2.45) is 11.8 Å². The number of anilines is 1. The number of nitrogen functional groups attached to an aromatic ring is 1. The van der Waals surface area contributed by atoms with Gasteiger partial charge in [0, 0.05) is 25.9 Å². The number of carbonyl (C=O) groups is 1. The number of benzene rings is 1. The number of hydrazine groups is 1. The molecule has 5 nitrogen and oxygen atoms in total. The number of ether oxygens (including phenoxy) is 1. The van der Waals surface area contributed by atoms with Crippen LogP contribution in [0, 0.1) is 5.92 Å². The summed E-state index contributed by atoms with van der Waals surface area (Å²) in [7, 11) is 1.88. The number of rotatable bonds is 4. The van der Waals surface area contributed by atoms with Gasteiger partial charge in [0.25, 0.3) is 5.91 Å². The van der Waals surface area contributed by atoms with Crippen LogP contribution in [0.4, 0.5) is 5.69 Å². The van der Waals surface area contributed by atoms with Gasteiger partial charge in [0.1, 0.15) is 0 Å². The van der Waals surface area contributed by atoms with Gasteiger partial charge in [-0.3, -0.25) is 10.2 Å². The van der Waals surface area contributed by atoms with Gasteiger partial charge < -0.3 is 9.64 Å². The zero-order valence-electron chi connectivity index (χ0n) is 14.9. The van der Waals surface area contributed by atoms with Gasteiger partial charge in [-0.05, 0) is 49.8 Å². The summed E-state index contributed by atoms with van der Waals surface area (Å²) in [5.74, 6) is 5.51. The molecule has 0 atom stereocenters. The van der Waals surface area contributed by atoms with Crippen molar-refractivity contribution < 1.29 is 9.53 Å². The van der Waals surface area contributed by atoms with Crippen LogP contribution >= 0.6 is 11.6 Å². The lowest BCUT2D eigenvalue weighted by molar-refractivity contribution is -0.0856. The molecule has 0 spiro atoms. The highest BCUT2D eigenvalue weighted by atomic mass is 35.5.